The summed E-state index contributed by atoms with van der Waals surface area (Å²) < 4.78 is 10.8. The maximum absolute atomic E-state index is 5.59. The first-order chi connectivity index (χ1) is 8.43. The quantitative estimate of drug-likeness (QED) is 0.634. The molecule has 0 fully saturated rings. The molecule has 0 heterocycles. The minimum atomic E-state index is 0.766. The van der Waals surface area contributed by atoms with E-state index in [1.165, 1.54) is 0 Å². The number of nitrogens with one attached hydrogen (secondary N) is 1. The smallest absolute Gasteiger partial charge is 0.119 e. The Hall–Kier alpha value is -1.06. The van der Waals surface area contributed by atoms with E-state index in [9.17, 15) is 0 Å². The highest BCUT2D eigenvalue weighted by Crippen LogP contribution is 2.07. The van der Waals surface area contributed by atoms with Crippen LogP contribution in [0.4, 0.5) is 0 Å². The average Bonchev–Trinajstić information content (AvgIpc) is 2.38. The number of benzene rings is 1. The van der Waals surface area contributed by atoms with Crippen LogP contribution in [0.5, 0.6) is 5.75 Å². The van der Waals surface area contributed by atoms with Gasteiger partial charge >= 0.3 is 0 Å². The number of para-hydroxylation sites is 1. The zero-order valence-corrected chi connectivity index (χ0v) is 10.7. The molecule has 3 nitrogen and oxygen atoms in total. The fourth-order valence-corrected chi connectivity index (χ4v) is 1.47. The van der Waals surface area contributed by atoms with Crippen molar-refractivity contribution in [2.45, 2.75) is 19.8 Å². The van der Waals surface area contributed by atoms with Crippen molar-refractivity contribution in [1.29, 1.82) is 0 Å². The zero-order valence-electron chi connectivity index (χ0n) is 10.7. The van der Waals surface area contributed by atoms with Gasteiger partial charge in [-0.2, -0.15) is 0 Å². The van der Waals surface area contributed by atoms with E-state index in [2.05, 4.69) is 5.32 Å². The molecule has 1 aromatic carbocycles. The summed E-state index contributed by atoms with van der Waals surface area (Å²) in [5.41, 5.74) is 0. The van der Waals surface area contributed by atoms with Crippen LogP contribution in [0.3, 0.4) is 0 Å². The molecule has 0 aliphatic rings. The molecule has 1 rings (SSSR count). The Balaban J connectivity index is 1.85. The van der Waals surface area contributed by atoms with Crippen LogP contribution in [-0.2, 0) is 4.74 Å². The molecule has 0 aliphatic carbocycles. The van der Waals surface area contributed by atoms with Crippen molar-refractivity contribution in [1.82, 2.24) is 5.32 Å². The van der Waals surface area contributed by atoms with Crippen molar-refractivity contribution in [3.63, 3.8) is 0 Å². The molecule has 0 unspecified atom stereocenters. The third-order valence-corrected chi connectivity index (χ3v) is 2.36. The molecule has 0 atom stereocenters. The van der Waals surface area contributed by atoms with Crippen LogP contribution in [0.2, 0.25) is 0 Å². The normalized spacial score (nSPS) is 10.4. The van der Waals surface area contributed by atoms with E-state index in [0.29, 0.717) is 0 Å². The van der Waals surface area contributed by atoms with Gasteiger partial charge in [0.15, 0.2) is 0 Å². The molecule has 0 bridgehead atoms. The zero-order chi connectivity index (χ0) is 12.2. The molecule has 1 aromatic rings. The molecule has 0 saturated carbocycles. The van der Waals surface area contributed by atoms with Crippen molar-refractivity contribution >= 4 is 0 Å². The van der Waals surface area contributed by atoms with Gasteiger partial charge in [-0.25, -0.2) is 0 Å². The molecule has 0 amide bonds. The van der Waals surface area contributed by atoms with E-state index in [-0.39, 0.29) is 0 Å². The second kappa shape index (κ2) is 10.1. The first-order valence-electron chi connectivity index (χ1n) is 6.40. The molecule has 17 heavy (non-hydrogen) atoms. The Kier molecular flexibility index (Phi) is 8.33. The van der Waals surface area contributed by atoms with Gasteiger partial charge in [0.05, 0.1) is 6.61 Å². The molecule has 3 heteroatoms. The summed E-state index contributed by atoms with van der Waals surface area (Å²) in [4.78, 5) is 0. The van der Waals surface area contributed by atoms with Gasteiger partial charge in [-0.3, -0.25) is 0 Å². The summed E-state index contributed by atoms with van der Waals surface area (Å²) in [5.74, 6) is 0.948. The lowest BCUT2D eigenvalue weighted by Crippen LogP contribution is -2.19. The summed E-state index contributed by atoms with van der Waals surface area (Å²) in [6.07, 6.45) is 2.11. The second-order valence-electron chi connectivity index (χ2n) is 3.82. The van der Waals surface area contributed by atoms with Crippen LogP contribution >= 0.6 is 0 Å². The van der Waals surface area contributed by atoms with Crippen molar-refractivity contribution in [2.75, 3.05) is 32.9 Å². The maximum Gasteiger partial charge on any atom is 0.119 e. The van der Waals surface area contributed by atoms with Gasteiger partial charge in [0.25, 0.3) is 0 Å². The third-order valence-electron chi connectivity index (χ3n) is 2.36. The minimum absolute atomic E-state index is 0.766. The van der Waals surface area contributed by atoms with E-state index in [1.54, 1.807) is 0 Å². The van der Waals surface area contributed by atoms with Gasteiger partial charge in [-0.15, -0.1) is 0 Å². The lowest BCUT2D eigenvalue weighted by Gasteiger charge is -2.07. The van der Waals surface area contributed by atoms with Gasteiger partial charge in [-0.1, -0.05) is 18.2 Å². The molecule has 96 valence electrons. The molecule has 0 saturated heterocycles. The fraction of sp³-hybridized carbons (Fsp3) is 0.571. The summed E-state index contributed by atoms with van der Waals surface area (Å²) >= 11 is 0. The Labute approximate surface area is 104 Å². The highest BCUT2D eigenvalue weighted by molar-refractivity contribution is 5.20. The predicted octanol–water partition coefficient (Wildman–Crippen LogP) is 2.47. The number of hydrogen-bond acceptors (Lipinski definition) is 3. The summed E-state index contributed by atoms with van der Waals surface area (Å²) in [6, 6.07) is 9.93. The molecule has 0 spiro atoms. The van der Waals surface area contributed by atoms with Crippen LogP contribution in [0, 0.1) is 0 Å². The number of hydrogen-bond donors (Lipinski definition) is 1. The van der Waals surface area contributed by atoms with Crippen molar-refractivity contribution < 1.29 is 9.47 Å². The largest absolute Gasteiger partial charge is 0.494 e. The molecular formula is C14H23NO2. The van der Waals surface area contributed by atoms with Crippen LogP contribution in [-0.4, -0.2) is 32.9 Å². The number of ether oxygens (including phenoxy) is 2. The van der Waals surface area contributed by atoms with Gasteiger partial charge < -0.3 is 14.8 Å². The lowest BCUT2D eigenvalue weighted by atomic mass is 10.3. The Morgan fingerprint density at radius 2 is 1.71 bits per heavy atom. The summed E-state index contributed by atoms with van der Waals surface area (Å²) in [6.45, 7) is 6.47. The standard InChI is InChI=1S/C14H23NO2/c1-2-16-12-6-10-15-11-7-13-17-14-8-4-3-5-9-14/h3-5,8-9,15H,2,6-7,10-13H2,1H3. The third kappa shape index (κ3) is 7.77. The SMILES string of the molecule is CCOCCCNCCCOc1ccccc1. The van der Waals surface area contributed by atoms with Gasteiger partial charge in [0.1, 0.15) is 5.75 Å². The summed E-state index contributed by atoms with van der Waals surface area (Å²) in [5, 5.41) is 3.37. The van der Waals surface area contributed by atoms with Crippen LogP contribution in [0.25, 0.3) is 0 Å². The van der Waals surface area contributed by atoms with Crippen molar-refractivity contribution in [3.8, 4) is 5.75 Å². The molecule has 1 N–H and O–H groups in total. The predicted molar refractivity (Wildman–Crippen MR) is 70.5 cm³/mol. The van der Waals surface area contributed by atoms with Crippen molar-refractivity contribution in [3.05, 3.63) is 30.3 Å². The average molecular weight is 237 g/mol. The van der Waals surface area contributed by atoms with Gasteiger partial charge in [0.2, 0.25) is 0 Å². The Morgan fingerprint density at radius 3 is 2.41 bits per heavy atom. The van der Waals surface area contributed by atoms with E-state index in [4.69, 9.17) is 9.47 Å². The van der Waals surface area contributed by atoms with Crippen LogP contribution in [0.15, 0.2) is 30.3 Å². The Bertz CT molecular complexity index is 264. The number of rotatable bonds is 10. The van der Waals surface area contributed by atoms with Crippen LogP contribution in [0.1, 0.15) is 19.8 Å². The highest BCUT2D eigenvalue weighted by Gasteiger charge is 1.92. The van der Waals surface area contributed by atoms with Crippen LogP contribution < -0.4 is 10.1 Å². The van der Waals surface area contributed by atoms with Gasteiger partial charge in [-0.05, 0) is 45.0 Å². The Morgan fingerprint density at radius 1 is 1.00 bits per heavy atom. The van der Waals surface area contributed by atoms with E-state index < -0.39 is 0 Å². The highest BCUT2D eigenvalue weighted by atomic mass is 16.5. The molecule has 0 aromatic heterocycles. The molecule has 0 aliphatic heterocycles. The van der Waals surface area contributed by atoms with Gasteiger partial charge in [0, 0.05) is 13.2 Å². The van der Waals surface area contributed by atoms with E-state index in [0.717, 1.165) is 51.5 Å². The van der Waals surface area contributed by atoms with E-state index >= 15 is 0 Å². The minimum Gasteiger partial charge on any atom is -0.494 e. The van der Waals surface area contributed by atoms with E-state index in [1.807, 2.05) is 37.3 Å². The summed E-state index contributed by atoms with van der Waals surface area (Å²) in [7, 11) is 0. The van der Waals surface area contributed by atoms with Crippen molar-refractivity contribution in [2.24, 2.45) is 0 Å². The first-order valence-corrected chi connectivity index (χ1v) is 6.40. The fourth-order valence-electron chi connectivity index (χ4n) is 1.47. The lowest BCUT2D eigenvalue weighted by molar-refractivity contribution is 0.144. The topological polar surface area (TPSA) is 30.5 Å². The monoisotopic (exact) mass is 237 g/mol. The maximum atomic E-state index is 5.59. The first kappa shape index (κ1) is 14.0. The molecular weight excluding hydrogens is 214 g/mol. The second-order valence-corrected chi connectivity index (χ2v) is 3.82. The molecule has 0 radical (unpaired) electrons.